The number of aromatic nitrogens is 2. The molecule has 0 amide bonds. The molecule has 1 aromatic heterocycles. The number of aryl methyl sites for hydroxylation is 1. The van der Waals surface area contributed by atoms with Gasteiger partial charge in [-0.05, 0) is 21.0 Å². The summed E-state index contributed by atoms with van der Waals surface area (Å²) in [6.07, 6.45) is 1.47. The summed E-state index contributed by atoms with van der Waals surface area (Å²) in [4.78, 5) is 9.79. The molecule has 1 aromatic rings. The van der Waals surface area contributed by atoms with Crippen LogP contribution in [0, 0.1) is 6.92 Å². The standard InChI is InChI=1S/C8H13N3O/c1-6-8(12)7(4-11(2)3)10-5-9-6/h5,12H,4H2,1-3H3. The van der Waals surface area contributed by atoms with E-state index in [1.807, 2.05) is 19.0 Å². The van der Waals surface area contributed by atoms with Crippen LogP contribution >= 0.6 is 0 Å². The fourth-order valence-electron chi connectivity index (χ4n) is 0.932. The van der Waals surface area contributed by atoms with Gasteiger partial charge >= 0.3 is 0 Å². The van der Waals surface area contributed by atoms with E-state index in [0.29, 0.717) is 17.9 Å². The molecule has 0 bridgehead atoms. The molecular formula is C8H13N3O. The molecule has 0 aromatic carbocycles. The van der Waals surface area contributed by atoms with Crippen LogP contribution in [0.25, 0.3) is 0 Å². The molecule has 0 saturated carbocycles. The number of hydrogen-bond donors (Lipinski definition) is 1. The van der Waals surface area contributed by atoms with Crippen LogP contribution in [0.1, 0.15) is 11.4 Å². The minimum Gasteiger partial charge on any atom is -0.504 e. The minimum atomic E-state index is 0.200. The van der Waals surface area contributed by atoms with Crippen molar-refractivity contribution < 1.29 is 5.11 Å². The second-order valence-corrected chi connectivity index (χ2v) is 2.99. The highest BCUT2D eigenvalue weighted by Gasteiger charge is 2.06. The van der Waals surface area contributed by atoms with E-state index in [-0.39, 0.29) is 5.75 Å². The lowest BCUT2D eigenvalue weighted by atomic mass is 10.3. The second kappa shape index (κ2) is 3.49. The van der Waals surface area contributed by atoms with Crippen molar-refractivity contribution in [1.29, 1.82) is 0 Å². The molecule has 1 N–H and O–H groups in total. The molecule has 0 aliphatic heterocycles. The van der Waals surface area contributed by atoms with Gasteiger partial charge in [0.05, 0.1) is 11.4 Å². The molecule has 0 aliphatic carbocycles. The van der Waals surface area contributed by atoms with Crippen molar-refractivity contribution in [3.8, 4) is 5.75 Å². The first kappa shape index (κ1) is 8.93. The van der Waals surface area contributed by atoms with Crippen LogP contribution in [-0.2, 0) is 6.54 Å². The van der Waals surface area contributed by atoms with Crippen LogP contribution in [0.4, 0.5) is 0 Å². The molecule has 0 aliphatic rings. The predicted molar refractivity (Wildman–Crippen MR) is 45.8 cm³/mol. The summed E-state index contributed by atoms with van der Waals surface area (Å²) < 4.78 is 0. The van der Waals surface area contributed by atoms with Gasteiger partial charge in [0.2, 0.25) is 0 Å². The van der Waals surface area contributed by atoms with Gasteiger partial charge in [0.15, 0.2) is 5.75 Å². The molecule has 0 spiro atoms. The normalized spacial score (nSPS) is 10.7. The van der Waals surface area contributed by atoms with E-state index in [0.717, 1.165) is 0 Å². The van der Waals surface area contributed by atoms with Crippen LogP contribution in [0.5, 0.6) is 5.75 Å². The third-order valence-electron chi connectivity index (χ3n) is 1.55. The molecule has 0 unspecified atom stereocenters. The van der Waals surface area contributed by atoms with E-state index < -0.39 is 0 Å². The summed E-state index contributed by atoms with van der Waals surface area (Å²) >= 11 is 0. The first-order valence-corrected chi connectivity index (χ1v) is 3.75. The second-order valence-electron chi connectivity index (χ2n) is 2.99. The van der Waals surface area contributed by atoms with Gasteiger partial charge in [-0.3, -0.25) is 0 Å². The molecule has 1 heterocycles. The van der Waals surface area contributed by atoms with Crippen molar-refractivity contribution in [3.05, 3.63) is 17.7 Å². The molecular weight excluding hydrogens is 154 g/mol. The Morgan fingerprint density at radius 1 is 1.42 bits per heavy atom. The largest absolute Gasteiger partial charge is 0.504 e. The fraction of sp³-hybridized carbons (Fsp3) is 0.500. The molecule has 0 atom stereocenters. The number of rotatable bonds is 2. The lowest BCUT2D eigenvalue weighted by Gasteiger charge is -2.10. The Kier molecular flexibility index (Phi) is 2.60. The van der Waals surface area contributed by atoms with Gasteiger partial charge in [0.1, 0.15) is 6.33 Å². The molecule has 0 saturated heterocycles. The van der Waals surface area contributed by atoms with E-state index in [2.05, 4.69) is 9.97 Å². The smallest absolute Gasteiger partial charge is 0.159 e. The third kappa shape index (κ3) is 1.92. The molecule has 4 heteroatoms. The lowest BCUT2D eigenvalue weighted by molar-refractivity contribution is 0.376. The third-order valence-corrected chi connectivity index (χ3v) is 1.55. The number of hydrogen-bond acceptors (Lipinski definition) is 4. The van der Waals surface area contributed by atoms with E-state index in [9.17, 15) is 5.11 Å². The Labute approximate surface area is 71.9 Å². The van der Waals surface area contributed by atoms with Crippen LogP contribution in [0.15, 0.2) is 6.33 Å². The van der Waals surface area contributed by atoms with Gasteiger partial charge in [-0.1, -0.05) is 0 Å². The summed E-state index contributed by atoms with van der Waals surface area (Å²) in [5.74, 6) is 0.200. The van der Waals surface area contributed by atoms with E-state index >= 15 is 0 Å². The van der Waals surface area contributed by atoms with Gasteiger partial charge in [-0.25, -0.2) is 9.97 Å². The van der Waals surface area contributed by atoms with Crippen molar-refractivity contribution in [1.82, 2.24) is 14.9 Å². The van der Waals surface area contributed by atoms with Crippen molar-refractivity contribution in [2.75, 3.05) is 14.1 Å². The van der Waals surface area contributed by atoms with Gasteiger partial charge < -0.3 is 10.0 Å². The first-order chi connectivity index (χ1) is 5.61. The van der Waals surface area contributed by atoms with Crippen LogP contribution in [0.2, 0.25) is 0 Å². The highest BCUT2D eigenvalue weighted by molar-refractivity contribution is 5.28. The van der Waals surface area contributed by atoms with Crippen LogP contribution < -0.4 is 0 Å². The maximum absolute atomic E-state index is 9.49. The monoisotopic (exact) mass is 167 g/mol. The lowest BCUT2D eigenvalue weighted by Crippen LogP contribution is -2.12. The van der Waals surface area contributed by atoms with Crippen molar-refractivity contribution in [2.45, 2.75) is 13.5 Å². The van der Waals surface area contributed by atoms with Gasteiger partial charge in [-0.2, -0.15) is 0 Å². The quantitative estimate of drug-likeness (QED) is 0.699. The van der Waals surface area contributed by atoms with Crippen LogP contribution in [0.3, 0.4) is 0 Å². The molecule has 1 rings (SSSR count). The highest BCUT2D eigenvalue weighted by Crippen LogP contribution is 2.17. The summed E-state index contributed by atoms with van der Waals surface area (Å²) in [5, 5.41) is 9.49. The van der Waals surface area contributed by atoms with Crippen molar-refractivity contribution in [2.24, 2.45) is 0 Å². The maximum atomic E-state index is 9.49. The number of aromatic hydroxyl groups is 1. The molecule has 66 valence electrons. The molecule has 4 nitrogen and oxygen atoms in total. The molecule has 12 heavy (non-hydrogen) atoms. The maximum Gasteiger partial charge on any atom is 0.159 e. The van der Waals surface area contributed by atoms with Gasteiger partial charge in [0.25, 0.3) is 0 Å². The highest BCUT2D eigenvalue weighted by atomic mass is 16.3. The van der Waals surface area contributed by atoms with E-state index in [1.165, 1.54) is 6.33 Å². The summed E-state index contributed by atoms with van der Waals surface area (Å²) in [6.45, 7) is 2.39. The Morgan fingerprint density at radius 3 is 2.67 bits per heavy atom. The Morgan fingerprint density at radius 2 is 2.08 bits per heavy atom. The zero-order valence-electron chi connectivity index (χ0n) is 7.57. The predicted octanol–water partition coefficient (Wildman–Crippen LogP) is 0.552. The zero-order valence-corrected chi connectivity index (χ0v) is 7.57. The zero-order chi connectivity index (χ0) is 9.14. The van der Waals surface area contributed by atoms with E-state index in [4.69, 9.17) is 0 Å². The summed E-state index contributed by atoms with van der Waals surface area (Å²) in [6, 6.07) is 0. The van der Waals surface area contributed by atoms with Crippen LogP contribution in [-0.4, -0.2) is 34.1 Å². The minimum absolute atomic E-state index is 0.200. The number of nitrogens with zero attached hydrogens (tertiary/aromatic N) is 3. The Bertz CT molecular complexity index is 273. The average molecular weight is 167 g/mol. The van der Waals surface area contributed by atoms with Gasteiger partial charge in [-0.15, -0.1) is 0 Å². The van der Waals surface area contributed by atoms with Crippen molar-refractivity contribution in [3.63, 3.8) is 0 Å². The molecule has 0 radical (unpaired) electrons. The van der Waals surface area contributed by atoms with Gasteiger partial charge in [0, 0.05) is 6.54 Å². The van der Waals surface area contributed by atoms with E-state index in [1.54, 1.807) is 6.92 Å². The summed E-state index contributed by atoms with van der Waals surface area (Å²) in [7, 11) is 3.85. The molecule has 0 fully saturated rings. The average Bonchev–Trinajstić information content (AvgIpc) is 1.98. The fourth-order valence-corrected chi connectivity index (χ4v) is 0.932. The van der Waals surface area contributed by atoms with Crippen molar-refractivity contribution >= 4 is 0 Å². The topological polar surface area (TPSA) is 49.2 Å². The SMILES string of the molecule is Cc1ncnc(CN(C)C)c1O. The Hall–Kier alpha value is -1.16. The first-order valence-electron chi connectivity index (χ1n) is 3.75. The summed E-state index contributed by atoms with van der Waals surface area (Å²) in [5.41, 5.74) is 1.30. The Balaban J connectivity index is 2.92.